The zero-order chi connectivity index (χ0) is 34.4. The van der Waals surface area contributed by atoms with Gasteiger partial charge in [0.1, 0.15) is 11.2 Å². The third-order valence-corrected chi connectivity index (χ3v) is 10.3. The van der Waals surface area contributed by atoms with Crippen molar-refractivity contribution >= 4 is 60.5 Å². The fraction of sp³-hybridized carbons (Fsp3) is 0. The van der Waals surface area contributed by atoms with Crippen molar-refractivity contribution in [2.75, 3.05) is 4.90 Å². The summed E-state index contributed by atoms with van der Waals surface area (Å²) in [6.07, 6.45) is 0. The van der Waals surface area contributed by atoms with E-state index in [2.05, 4.69) is 193 Å². The zero-order valence-electron chi connectivity index (χ0n) is 28.4. The molecule has 0 aliphatic rings. The average Bonchev–Trinajstić information content (AvgIpc) is 3.60. The quantitative estimate of drug-likeness (QED) is 0.165. The summed E-state index contributed by atoms with van der Waals surface area (Å²) in [4.78, 5) is 2.34. The van der Waals surface area contributed by atoms with Crippen LogP contribution in [0.15, 0.2) is 205 Å². The number of para-hydroxylation sites is 1. The highest BCUT2D eigenvalue weighted by Crippen LogP contribution is 2.40. The van der Waals surface area contributed by atoms with Crippen LogP contribution in [0.25, 0.3) is 76.9 Å². The summed E-state index contributed by atoms with van der Waals surface area (Å²) in [7, 11) is 0. The summed E-state index contributed by atoms with van der Waals surface area (Å²) in [5, 5.41) is 7.35. The molecular formula is C50H33NO. The van der Waals surface area contributed by atoms with E-state index < -0.39 is 0 Å². The fourth-order valence-electron chi connectivity index (χ4n) is 7.67. The molecule has 0 atom stereocenters. The van der Waals surface area contributed by atoms with Crippen LogP contribution in [0.5, 0.6) is 0 Å². The molecule has 10 rings (SSSR count). The van der Waals surface area contributed by atoms with E-state index in [1.165, 1.54) is 43.8 Å². The smallest absolute Gasteiger partial charge is 0.135 e. The van der Waals surface area contributed by atoms with E-state index in [9.17, 15) is 0 Å². The van der Waals surface area contributed by atoms with Crippen LogP contribution in [0.2, 0.25) is 0 Å². The standard InChI is InChI=1S/C50H33NO/c1-2-10-34(11-3-1)35-18-25-40(26-19-35)51(41-27-20-36(21-28-41)38-24-31-50-48(32-38)46-16-8-9-17-49(46)52-50)42-29-22-37(23-30-42)47-33-39-12-4-5-13-43(39)44-14-6-7-15-45(44)47/h1-33H. The Morgan fingerprint density at radius 3 is 1.46 bits per heavy atom. The van der Waals surface area contributed by atoms with Crippen molar-refractivity contribution < 1.29 is 4.42 Å². The first-order valence-corrected chi connectivity index (χ1v) is 17.8. The van der Waals surface area contributed by atoms with Crippen molar-refractivity contribution in [3.63, 3.8) is 0 Å². The molecule has 0 radical (unpaired) electrons. The van der Waals surface area contributed by atoms with Gasteiger partial charge in [-0.2, -0.15) is 0 Å². The lowest BCUT2D eigenvalue weighted by molar-refractivity contribution is 0.669. The Labute approximate surface area is 302 Å². The van der Waals surface area contributed by atoms with Gasteiger partial charge >= 0.3 is 0 Å². The molecule has 2 nitrogen and oxygen atoms in total. The lowest BCUT2D eigenvalue weighted by atomic mass is 9.93. The molecule has 10 aromatic rings. The number of anilines is 3. The van der Waals surface area contributed by atoms with Crippen molar-refractivity contribution in [3.05, 3.63) is 200 Å². The minimum Gasteiger partial charge on any atom is -0.456 e. The van der Waals surface area contributed by atoms with E-state index in [0.29, 0.717) is 0 Å². The molecule has 0 fully saturated rings. The zero-order valence-corrected chi connectivity index (χ0v) is 28.4. The van der Waals surface area contributed by atoms with Crippen LogP contribution < -0.4 is 4.90 Å². The molecule has 0 aliphatic heterocycles. The molecule has 0 saturated heterocycles. The van der Waals surface area contributed by atoms with Crippen molar-refractivity contribution in [1.29, 1.82) is 0 Å². The maximum Gasteiger partial charge on any atom is 0.135 e. The third kappa shape index (κ3) is 5.21. The molecule has 244 valence electrons. The number of furan rings is 1. The summed E-state index contributed by atoms with van der Waals surface area (Å²) in [6, 6.07) is 71.8. The molecule has 0 saturated carbocycles. The minimum atomic E-state index is 0.909. The van der Waals surface area contributed by atoms with Crippen LogP contribution in [0.1, 0.15) is 0 Å². The number of hydrogen-bond donors (Lipinski definition) is 0. The molecule has 9 aromatic carbocycles. The lowest BCUT2D eigenvalue weighted by Gasteiger charge is -2.26. The van der Waals surface area contributed by atoms with Crippen molar-refractivity contribution in [3.8, 4) is 33.4 Å². The Hall–Kier alpha value is -6.90. The maximum absolute atomic E-state index is 6.10. The molecule has 0 spiro atoms. The maximum atomic E-state index is 6.10. The fourth-order valence-corrected chi connectivity index (χ4v) is 7.67. The molecule has 1 aromatic heterocycles. The van der Waals surface area contributed by atoms with E-state index in [1.54, 1.807) is 0 Å². The first-order chi connectivity index (χ1) is 25.8. The summed E-state index contributed by atoms with van der Waals surface area (Å²) in [5.74, 6) is 0. The molecule has 0 N–H and O–H groups in total. The first kappa shape index (κ1) is 30.0. The largest absolute Gasteiger partial charge is 0.456 e. The predicted molar refractivity (Wildman–Crippen MR) is 220 cm³/mol. The van der Waals surface area contributed by atoms with Crippen LogP contribution in [0, 0.1) is 0 Å². The second kappa shape index (κ2) is 12.5. The summed E-state index contributed by atoms with van der Waals surface area (Å²) < 4.78 is 6.10. The van der Waals surface area contributed by atoms with Gasteiger partial charge in [-0.05, 0) is 116 Å². The van der Waals surface area contributed by atoms with Crippen molar-refractivity contribution in [2.24, 2.45) is 0 Å². The van der Waals surface area contributed by atoms with Gasteiger partial charge in [-0.15, -0.1) is 0 Å². The van der Waals surface area contributed by atoms with Gasteiger partial charge in [0.25, 0.3) is 0 Å². The Morgan fingerprint density at radius 2 is 0.769 bits per heavy atom. The summed E-state index contributed by atoms with van der Waals surface area (Å²) in [6.45, 7) is 0. The van der Waals surface area contributed by atoms with Gasteiger partial charge < -0.3 is 9.32 Å². The Morgan fingerprint density at radius 1 is 0.288 bits per heavy atom. The highest BCUT2D eigenvalue weighted by atomic mass is 16.3. The topological polar surface area (TPSA) is 16.4 Å². The monoisotopic (exact) mass is 663 g/mol. The van der Waals surface area contributed by atoms with E-state index >= 15 is 0 Å². The predicted octanol–water partition coefficient (Wildman–Crippen LogP) is 14.4. The summed E-state index contributed by atoms with van der Waals surface area (Å²) in [5.41, 5.74) is 12.3. The number of benzene rings is 9. The summed E-state index contributed by atoms with van der Waals surface area (Å²) >= 11 is 0. The van der Waals surface area contributed by atoms with Crippen LogP contribution in [-0.2, 0) is 0 Å². The molecule has 52 heavy (non-hydrogen) atoms. The van der Waals surface area contributed by atoms with Gasteiger partial charge in [0.05, 0.1) is 0 Å². The van der Waals surface area contributed by atoms with Gasteiger partial charge in [-0.3, -0.25) is 0 Å². The molecule has 2 heteroatoms. The first-order valence-electron chi connectivity index (χ1n) is 17.8. The molecule has 0 unspecified atom stereocenters. The van der Waals surface area contributed by atoms with Gasteiger partial charge in [0, 0.05) is 27.8 Å². The number of fused-ring (bicyclic) bond motifs is 6. The second-order valence-corrected chi connectivity index (χ2v) is 13.3. The van der Waals surface area contributed by atoms with Gasteiger partial charge in [0.2, 0.25) is 0 Å². The number of hydrogen-bond acceptors (Lipinski definition) is 2. The SMILES string of the molecule is c1ccc(-c2ccc(N(c3ccc(-c4ccc5oc6ccccc6c5c4)cc3)c3ccc(-c4cc5ccccc5c5ccccc45)cc3)cc2)cc1. The Kier molecular flexibility index (Phi) is 7.18. The van der Waals surface area contributed by atoms with Crippen LogP contribution in [0.4, 0.5) is 17.1 Å². The normalized spacial score (nSPS) is 11.5. The third-order valence-electron chi connectivity index (χ3n) is 10.3. The Balaban J connectivity index is 1.05. The molecule has 0 aliphatic carbocycles. The molecule has 1 heterocycles. The van der Waals surface area contributed by atoms with Gasteiger partial charge in [0.15, 0.2) is 0 Å². The molecule has 0 amide bonds. The van der Waals surface area contributed by atoms with E-state index in [1.807, 2.05) is 12.1 Å². The number of nitrogens with zero attached hydrogens (tertiary/aromatic N) is 1. The van der Waals surface area contributed by atoms with E-state index in [4.69, 9.17) is 4.42 Å². The van der Waals surface area contributed by atoms with E-state index in [0.717, 1.165) is 50.1 Å². The highest BCUT2D eigenvalue weighted by Gasteiger charge is 2.16. The van der Waals surface area contributed by atoms with Gasteiger partial charge in [-0.25, -0.2) is 0 Å². The van der Waals surface area contributed by atoms with Gasteiger partial charge in [-0.1, -0.05) is 140 Å². The van der Waals surface area contributed by atoms with Crippen LogP contribution in [-0.4, -0.2) is 0 Å². The van der Waals surface area contributed by atoms with E-state index in [-0.39, 0.29) is 0 Å². The lowest BCUT2D eigenvalue weighted by Crippen LogP contribution is -2.09. The minimum absolute atomic E-state index is 0.909. The molecule has 0 bridgehead atoms. The second-order valence-electron chi connectivity index (χ2n) is 13.3. The average molecular weight is 664 g/mol. The molecular weight excluding hydrogens is 631 g/mol. The number of rotatable bonds is 6. The van der Waals surface area contributed by atoms with Crippen LogP contribution >= 0.6 is 0 Å². The Bertz CT molecular complexity index is 2870. The highest BCUT2D eigenvalue weighted by molar-refractivity contribution is 6.14. The van der Waals surface area contributed by atoms with Crippen LogP contribution in [0.3, 0.4) is 0 Å². The van der Waals surface area contributed by atoms with Crippen molar-refractivity contribution in [1.82, 2.24) is 0 Å². The van der Waals surface area contributed by atoms with Crippen molar-refractivity contribution in [2.45, 2.75) is 0 Å².